The van der Waals surface area contributed by atoms with Crippen molar-refractivity contribution in [3.63, 3.8) is 0 Å². The van der Waals surface area contributed by atoms with Crippen LogP contribution < -0.4 is 5.32 Å². The number of rotatable bonds is 4. The van der Waals surface area contributed by atoms with Crippen molar-refractivity contribution < 1.29 is 0 Å². The zero-order chi connectivity index (χ0) is 13.8. The molecule has 1 nitrogen and oxygen atoms in total. The first-order valence-corrected chi connectivity index (χ1v) is 7.54. The maximum atomic E-state index is 6.19. The lowest BCUT2D eigenvalue weighted by molar-refractivity contribution is 0.574. The van der Waals surface area contributed by atoms with E-state index in [9.17, 15) is 0 Å². The Kier molecular flexibility index (Phi) is 5.28. The molecule has 1 N–H and O–H groups in total. The molecule has 100 valence electrons. The minimum atomic E-state index is 0.191. The molecule has 1 unspecified atom stereocenters. The summed E-state index contributed by atoms with van der Waals surface area (Å²) >= 11 is 15.6. The van der Waals surface area contributed by atoms with Gasteiger partial charge in [0.25, 0.3) is 0 Å². The van der Waals surface area contributed by atoms with E-state index in [1.807, 2.05) is 42.5 Å². The molecule has 19 heavy (non-hydrogen) atoms. The van der Waals surface area contributed by atoms with E-state index in [1.54, 1.807) is 0 Å². The normalized spacial score (nSPS) is 12.4. The average molecular weight is 359 g/mol. The van der Waals surface area contributed by atoms with Crippen LogP contribution in [-0.2, 0) is 6.54 Å². The van der Waals surface area contributed by atoms with E-state index < -0.39 is 0 Å². The predicted molar refractivity (Wildman–Crippen MR) is 85.9 cm³/mol. The number of nitrogens with one attached hydrogen (secondary N) is 1. The van der Waals surface area contributed by atoms with Crippen LogP contribution in [0.3, 0.4) is 0 Å². The van der Waals surface area contributed by atoms with Gasteiger partial charge < -0.3 is 5.32 Å². The number of hydrogen-bond donors (Lipinski definition) is 1. The fraction of sp³-hybridized carbons (Fsp3) is 0.200. The molecule has 0 heterocycles. The summed E-state index contributed by atoms with van der Waals surface area (Å²) in [5.74, 6) is 0. The van der Waals surface area contributed by atoms with Crippen LogP contribution in [0.1, 0.15) is 24.1 Å². The van der Waals surface area contributed by atoms with E-state index in [0.717, 1.165) is 26.6 Å². The van der Waals surface area contributed by atoms with Gasteiger partial charge in [-0.05, 0) is 36.2 Å². The molecule has 4 heteroatoms. The molecule has 0 aliphatic rings. The van der Waals surface area contributed by atoms with Gasteiger partial charge in [-0.3, -0.25) is 0 Å². The molecule has 2 rings (SSSR count). The quantitative estimate of drug-likeness (QED) is 0.749. The Bertz CT molecular complexity index is 572. The van der Waals surface area contributed by atoms with Crippen molar-refractivity contribution in [3.8, 4) is 0 Å². The van der Waals surface area contributed by atoms with E-state index >= 15 is 0 Å². The van der Waals surface area contributed by atoms with E-state index in [4.69, 9.17) is 23.2 Å². The molecule has 2 aromatic rings. The fourth-order valence-electron chi connectivity index (χ4n) is 1.86. The third-order valence-electron chi connectivity index (χ3n) is 2.99. The van der Waals surface area contributed by atoms with Gasteiger partial charge in [-0.2, -0.15) is 0 Å². The van der Waals surface area contributed by atoms with Crippen LogP contribution >= 0.6 is 39.1 Å². The Hall–Kier alpha value is -0.540. The third-order valence-corrected chi connectivity index (χ3v) is 4.30. The molecule has 0 spiro atoms. The highest BCUT2D eigenvalue weighted by atomic mass is 79.9. The van der Waals surface area contributed by atoms with Gasteiger partial charge in [-0.25, -0.2) is 0 Å². The molecule has 0 aliphatic heterocycles. The highest BCUT2D eigenvalue weighted by Gasteiger charge is 2.09. The first-order valence-electron chi connectivity index (χ1n) is 5.99. The van der Waals surface area contributed by atoms with Crippen LogP contribution in [0.2, 0.25) is 10.0 Å². The minimum Gasteiger partial charge on any atom is -0.306 e. The van der Waals surface area contributed by atoms with Crippen molar-refractivity contribution in [2.75, 3.05) is 0 Å². The fourth-order valence-corrected chi connectivity index (χ4v) is 2.99. The second-order valence-electron chi connectivity index (χ2n) is 4.36. The van der Waals surface area contributed by atoms with Crippen LogP contribution in [0, 0.1) is 0 Å². The van der Waals surface area contributed by atoms with Crippen molar-refractivity contribution >= 4 is 39.1 Å². The topological polar surface area (TPSA) is 12.0 Å². The monoisotopic (exact) mass is 357 g/mol. The van der Waals surface area contributed by atoms with Crippen LogP contribution in [0.25, 0.3) is 0 Å². The zero-order valence-electron chi connectivity index (χ0n) is 10.5. The van der Waals surface area contributed by atoms with E-state index in [0.29, 0.717) is 0 Å². The molecule has 0 radical (unpaired) electrons. The SMILES string of the molecule is CC(NCc1ccc(Cl)cc1Br)c1ccccc1Cl. The van der Waals surface area contributed by atoms with Crippen molar-refractivity contribution in [3.05, 3.63) is 68.1 Å². The Morgan fingerprint density at radius 3 is 2.58 bits per heavy atom. The summed E-state index contributed by atoms with van der Waals surface area (Å²) in [6.45, 7) is 2.86. The van der Waals surface area contributed by atoms with Gasteiger partial charge in [0, 0.05) is 27.1 Å². The van der Waals surface area contributed by atoms with Crippen LogP contribution in [0.15, 0.2) is 46.9 Å². The van der Waals surface area contributed by atoms with Gasteiger partial charge in [-0.15, -0.1) is 0 Å². The Morgan fingerprint density at radius 2 is 1.89 bits per heavy atom. The third kappa shape index (κ3) is 3.96. The summed E-state index contributed by atoms with van der Waals surface area (Å²) in [5, 5.41) is 4.98. The van der Waals surface area contributed by atoms with Gasteiger partial charge in [0.15, 0.2) is 0 Å². The number of halogens is 3. The molecule has 2 aromatic carbocycles. The molecular weight excluding hydrogens is 345 g/mol. The second kappa shape index (κ2) is 6.76. The summed E-state index contributed by atoms with van der Waals surface area (Å²) in [5.41, 5.74) is 2.28. The van der Waals surface area contributed by atoms with Crippen molar-refractivity contribution in [1.82, 2.24) is 5.32 Å². The molecule has 0 saturated heterocycles. The molecule has 0 saturated carbocycles. The number of benzene rings is 2. The first kappa shape index (κ1) is 14.9. The smallest absolute Gasteiger partial charge is 0.0453 e. The van der Waals surface area contributed by atoms with Crippen LogP contribution in [0.5, 0.6) is 0 Å². The summed E-state index contributed by atoms with van der Waals surface area (Å²) < 4.78 is 1.01. The highest BCUT2D eigenvalue weighted by molar-refractivity contribution is 9.10. The van der Waals surface area contributed by atoms with Crippen LogP contribution in [0.4, 0.5) is 0 Å². The first-order chi connectivity index (χ1) is 9.08. The summed E-state index contributed by atoms with van der Waals surface area (Å²) in [7, 11) is 0. The maximum absolute atomic E-state index is 6.19. The van der Waals surface area contributed by atoms with Gasteiger partial charge >= 0.3 is 0 Å². The highest BCUT2D eigenvalue weighted by Crippen LogP contribution is 2.24. The van der Waals surface area contributed by atoms with Crippen molar-refractivity contribution in [2.24, 2.45) is 0 Å². The molecule has 0 aromatic heterocycles. The molecule has 0 fully saturated rings. The van der Waals surface area contributed by atoms with Crippen LogP contribution in [-0.4, -0.2) is 0 Å². The van der Waals surface area contributed by atoms with Crippen molar-refractivity contribution in [2.45, 2.75) is 19.5 Å². The Labute approximate surface area is 132 Å². The zero-order valence-corrected chi connectivity index (χ0v) is 13.6. The lowest BCUT2D eigenvalue weighted by atomic mass is 10.1. The van der Waals surface area contributed by atoms with Gasteiger partial charge in [0.1, 0.15) is 0 Å². The van der Waals surface area contributed by atoms with Gasteiger partial charge in [0.05, 0.1) is 0 Å². The van der Waals surface area contributed by atoms with E-state index in [2.05, 4.69) is 28.2 Å². The second-order valence-corrected chi connectivity index (χ2v) is 6.06. The summed E-state index contributed by atoms with van der Waals surface area (Å²) in [6, 6.07) is 13.9. The molecule has 0 aliphatic carbocycles. The average Bonchev–Trinajstić information content (AvgIpc) is 2.38. The van der Waals surface area contributed by atoms with E-state index in [1.165, 1.54) is 5.56 Å². The Balaban J connectivity index is 2.04. The lowest BCUT2D eigenvalue weighted by Gasteiger charge is -2.16. The van der Waals surface area contributed by atoms with E-state index in [-0.39, 0.29) is 6.04 Å². The molecule has 0 amide bonds. The Morgan fingerprint density at radius 1 is 1.16 bits per heavy atom. The van der Waals surface area contributed by atoms with Crippen molar-refractivity contribution in [1.29, 1.82) is 0 Å². The molecule has 1 atom stereocenters. The molecular formula is C15H14BrCl2N. The minimum absolute atomic E-state index is 0.191. The lowest BCUT2D eigenvalue weighted by Crippen LogP contribution is -2.18. The standard InChI is InChI=1S/C15H14BrCl2N/c1-10(13-4-2-3-5-15(13)18)19-9-11-6-7-12(17)8-14(11)16/h2-8,10,19H,9H2,1H3. The number of hydrogen-bond acceptors (Lipinski definition) is 1. The molecule has 0 bridgehead atoms. The van der Waals surface area contributed by atoms with Gasteiger partial charge in [0.2, 0.25) is 0 Å². The predicted octanol–water partition coefficient (Wildman–Crippen LogP) is 5.61. The van der Waals surface area contributed by atoms with Gasteiger partial charge in [-0.1, -0.05) is 63.4 Å². The summed E-state index contributed by atoms with van der Waals surface area (Å²) in [6.07, 6.45) is 0. The summed E-state index contributed by atoms with van der Waals surface area (Å²) in [4.78, 5) is 0. The largest absolute Gasteiger partial charge is 0.306 e. The maximum Gasteiger partial charge on any atom is 0.0453 e.